The predicted octanol–water partition coefficient (Wildman–Crippen LogP) is 2.55. The van der Waals surface area contributed by atoms with Crippen LogP contribution in [0, 0.1) is 6.92 Å². The van der Waals surface area contributed by atoms with Crippen LogP contribution in [0.3, 0.4) is 0 Å². The van der Waals surface area contributed by atoms with Crippen LogP contribution in [0.5, 0.6) is 0 Å². The molecule has 1 aromatic heterocycles. The van der Waals surface area contributed by atoms with Crippen molar-refractivity contribution in [2.75, 3.05) is 5.75 Å². The molecule has 0 spiro atoms. The van der Waals surface area contributed by atoms with Crippen molar-refractivity contribution in [3.8, 4) is 0 Å². The van der Waals surface area contributed by atoms with Gasteiger partial charge in [-0.2, -0.15) is 0 Å². The number of rotatable bonds is 6. The van der Waals surface area contributed by atoms with Crippen molar-refractivity contribution in [2.45, 2.75) is 63.7 Å². The van der Waals surface area contributed by atoms with E-state index in [1.165, 1.54) is 11.3 Å². The molecule has 0 aliphatic heterocycles. The summed E-state index contributed by atoms with van der Waals surface area (Å²) in [6, 6.07) is 0. The Morgan fingerprint density at radius 3 is 2.59 bits per heavy atom. The fraction of sp³-hybridized carbons (Fsp3) is 0.733. The van der Waals surface area contributed by atoms with E-state index in [4.69, 9.17) is 0 Å². The third kappa shape index (κ3) is 3.87. The molecule has 1 aromatic rings. The molecule has 1 fully saturated rings. The molecule has 1 saturated carbocycles. The summed E-state index contributed by atoms with van der Waals surface area (Å²) in [5.41, 5.74) is 0.300. The minimum absolute atomic E-state index is 0.340. The van der Waals surface area contributed by atoms with E-state index in [1.807, 2.05) is 26.2 Å². The molecule has 1 aliphatic carbocycles. The topological polar surface area (TPSA) is 76.1 Å². The Morgan fingerprint density at radius 2 is 2.09 bits per heavy atom. The molecular weight excluding hydrogens is 320 g/mol. The predicted molar refractivity (Wildman–Crippen MR) is 88.7 cm³/mol. The number of aromatic nitrogens is 1. The maximum absolute atomic E-state index is 12.3. The van der Waals surface area contributed by atoms with Crippen LogP contribution in [0.4, 0.5) is 0 Å². The van der Waals surface area contributed by atoms with Crippen LogP contribution in [0.1, 0.15) is 56.7 Å². The summed E-state index contributed by atoms with van der Waals surface area (Å²) in [4.78, 5) is 16.7. The zero-order valence-corrected chi connectivity index (χ0v) is 15.0. The van der Waals surface area contributed by atoms with Gasteiger partial charge < -0.3 is 5.32 Å². The molecular formula is C15H24N2O3S2. The Morgan fingerprint density at radius 1 is 1.45 bits per heavy atom. The van der Waals surface area contributed by atoms with E-state index in [1.54, 1.807) is 0 Å². The Bertz CT molecular complexity index is 633. The lowest BCUT2D eigenvalue weighted by Gasteiger charge is -2.27. The summed E-state index contributed by atoms with van der Waals surface area (Å²) in [5, 5.41) is 5.30. The van der Waals surface area contributed by atoms with Crippen LogP contribution in [-0.2, 0) is 20.2 Å². The minimum Gasteiger partial charge on any atom is -0.344 e. The van der Waals surface area contributed by atoms with Gasteiger partial charge in [0.25, 0.3) is 0 Å². The van der Waals surface area contributed by atoms with Gasteiger partial charge in [0.1, 0.15) is 10.8 Å². The van der Waals surface area contributed by atoms with Gasteiger partial charge in [-0.3, -0.25) is 4.79 Å². The summed E-state index contributed by atoms with van der Waals surface area (Å²) >= 11 is 1.49. The van der Waals surface area contributed by atoms with Crippen molar-refractivity contribution in [1.82, 2.24) is 10.3 Å². The third-order valence-electron chi connectivity index (χ3n) is 4.36. The summed E-state index contributed by atoms with van der Waals surface area (Å²) in [6.07, 6.45) is 3.92. The zero-order valence-electron chi connectivity index (χ0n) is 13.4. The molecule has 0 saturated heterocycles. The number of hydrogen-bond donors (Lipinski definition) is 1. The smallest absolute Gasteiger partial charge is 0.235 e. The molecule has 1 heterocycles. The van der Waals surface area contributed by atoms with Gasteiger partial charge in [-0.25, -0.2) is 13.4 Å². The molecule has 1 N–H and O–H groups in total. The van der Waals surface area contributed by atoms with Gasteiger partial charge >= 0.3 is 0 Å². The van der Waals surface area contributed by atoms with E-state index in [2.05, 4.69) is 10.3 Å². The van der Waals surface area contributed by atoms with Gasteiger partial charge in [-0.1, -0.05) is 19.8 Å². The third-order valence-corrected chi connectivity index (χ3v) is 7.73. The first-order valence-corrected chi connectivity index (χ1v) is 10.3. The molecule has 2 rings (SSSR count). The summed E-state index contributed by atoms with van der Waals surface area (Å²) < 4.78 is 24.6. The van der Waals surface area contributed by atoms with Crippen LogP contribution in [0.15, 0.2) is 5.38 Å². The highest BCUT2D eigenvalue weighted by molar-refractivity contribution is 7.92. The summed E-state index contributed by atoms with van der Waals surface area (Å²) in [5.74, 6) is -0.846. The highest BCUT2D eigenvalue weighted by Crippen LogP contribution is 2.28. The van der Waals surface area contributed by atoms with Crippen molar-refractivity contribution in [3.63, 3.8) is 0 Å². The number of carbonyl (C=O) groups excluding carboxylic acids is 1. The second-order valence-corrected chi connectivity index (χ2v) is 9.38. The maximum Gasteiger partial charge on any atom is 0.235 e. The van der Waals surface area contributed by atoms with Crippen LogP contribution >= 0.6 is 11.3 Å². The quantitative estimate of drug-likeness (QED) is 0.860. The number of amides is 1. The first kappa shape index (κ1) is 17.4. The van der Waals surface area contributed by atoms with Crippen molar-refractivity contribution in [1.29, 1.82) is 0 Å². The Balaban J connectivity index is 2.06. The van der Waals surface area contributed by atoms with Gasteiger partial charge in [0.05, 0.1) is 10.8 Å². The van der Waals surface area contributed by atoms with E-state index >= 15 is 0 Å². The number of nitrogens with zero attached hydrogens (tertiary/aromatic N) is 1. The zero-order chi connectivity index (χ0) is 16.4. The SMILES string of the molecule is CCC(C)(NC(=O)CS(=O)(=O)C1CCCC1)c1nc(C)cs1. The van der Waals surface area contributed by atoms with Crippen molar-refractivity contribution in [2.24, 2.45) is 0 Å². The van der Waals surface area contributed by atoms with Gasteiger partial charge in [0, 0.05) is 11.1 Å². The first-order chi connectivity index (χ1) is 10.3. The fourth-order valence-corrected chi connectivity index (χ4v) is 5.50. The van der Waals surface area contributed by atoms with E-state index in [-0.39, 0.29) is 5.25 Å². The van der Waals surface area contributed by atoms with Crippen LogP contribution in [0.2, 0.25) is 0 Å². The van der Waals surface area contributed by atoms with E-state index in [0.717, 1.165) is 23.5 Å². The van der Waals surface area contributed by atoms with Crippen molar-refractivity contribution >= 4 is 27.1 Å². The summed E-state index contributed by atoms with van der Waals surface area (Å²) in [6.45, 7) is 5.76. The van der Waals surface area contributed by atoms with Crippen LogP contribution in [-0.4, -0.2) is 30.3 Å². The molecule has 1 amide bonds. The molecule has 0 aromatic carbocycles. The standard InChI is InChI=1S/C15H24N2O3S2/c1-4-15(3,14-16-11(2)9-21-14)17-13(18)10-22(19,20)12-7-5-6-8-12/h9,12H,4-8,10H2,1-3H3,(H,17,18). The number of hydrogen-bond acceptors (Lipinski definition) is 5. The minimum atomic E-state index is -3.35. The number of carbonyl (C=O) groups is 1. The number of nitrogens with one attached hydrogen (secondary N) is 1. The molecule has 124 valence electrons. The van der Waals surface area contributed by atoms with Crippen molar-refractivity contribution < 1.29 is 13.2 Å². The van der Waals surface area contributed by atoms with E-state index < -0.39 is 27.0 Å². The first-order valence-electron chi connectivity index (χ1n) is 7.72. The lowest BCUT2D eigenvalue weighted by Crippen LogP contribution is -2.46. The highest BCUT2D eigenvalue weighted by atomic mass is 32.2. The molecule has 1 atom stereocenters. The summed E-state index contributed by atoms with van der Waals surface area (Å²) in [7, 11) is -3.35. The molecule has 7 heteroatoms. The lowest BCUT2D eigenvalue weighted by molar-refractivity contribution is -0.120. The number of sulfone groups is 1. The molecule has 0 bridgehead atoms. The molecule has 1 aliphatic rings. The second-order valence-electron chi connectivity index (χ2n) is 6.24. The van der Waals surface area contributed by atoms with Crippen LogP contribution < -0.4 is 5.32 Å². The van der Waals surface area contributed by atoms with Crippen LogP contribution in [0.25, 0.3) is 0 Å². The average molecular weight is 345 g/mol. The molecule has 1 unspecified atom stereocenters. The monoisotopic (exact) mass is 344 g/mol. The molecule has 0 radical (unpaired) electrons. The fourth-order valence-electron chi connectivity index (χ4n) is 2.79. The second kappa shape index (κ2) is 6.66. The van der Waals surface area contributed by atoms with E-state index in [9.17, 15) is 13.2 Å². The Labute approximate surface area is 136 Å². The number of thiazole rings is 1. The van der Waals surface area contributed by atoms with Crippen molar-refractivity contribution in [3.05, 3.63) is 16.1 Å². The highest BCUT2D eigenvalue weighted by Gasteiger charge is 2.34. The normalized spacial score (nSPS) is 19.0. The maximum atomic E-state index is 12.3. The van der Waals surface area contributed by atoms with Gasteiger partial charge in [-0.15, -0.1) is 11.3 Å². The van der Waals surface area contributed by atoms with Gasteiger partial charge in [0.2, 0.25) is 5.91 Å². The van der Waals surface area contributed by atoms with Gasteiger partial charge in [0.15, 0.2) is 9.84 Å². The Hall–Kier alpha value is -0.950. The molecule has 22 heavy (non-hydrogen) atoms. The molecule has 5 nitrogen and oxygen atoms in total. The largest absolute Gasteiger partial charge is 0.344 e. The average Bonchev–Trinajstić information content (AvgIpc) is 3.08. The lowest BCUT2D eigenvalue weighted by atomic mass is 10.00. The number of aryl methyl sites for hydroxylation is 1. The Kier molecular flexibility index (Phi) is 5.27. The van der Waals surface area contributed by atoms with Gasteiger partial charge in [-0.05, 0) is 33.1 Å². The van der Waals surface area contributed by atoms with E-state index in [0.29, 0.717) is 19.3 Å².